The lowest BCUT2D eigenvalue weighted by Gasteiger charge is -2.31. The Bertz CT molecular complexity index is 1550. The molecule has 4 aromatic rings. The predicted molar refractivity (Wildman–Crippen MR) is 148 cm³/mol. The highest BCUT2D eigenvalue weighted by Crippen LogP contribution is 2.41. The highest BCUT2D eigenvalue weighted by atomic mass is 16.5. The Morgan fingerprint density at radius 2 is 1.51 bits per heavy atom. The van der Waals surface area contributed by atoms with Gasteiger partial charge in [0.15, 0.2) is 5.82 Å². The van der Waals surface area contributed by atoms with Gasteiger partial charge in [0, 0.05) is 11.6 Å². The van der Waals surface area contributed by atoms with E-state index in [1.165, 1.54) is 7.11 Å². The van der Waals surface area contributed by atoms with Crippen LogP contribution in [0.5, 0.6) is 11.6 Å². The number of aromatic nitrogens is 2. The van der Waals surface area contributed by atoms with E-state index in [1.807, 2.05) is 84.9 Å². The molecular formula is C30H26N6O3. The first-order chi connectivity index (χ1) is 19.2. The molecule has 1 atom stereocenters. The lowest BCUT2D eigenvalue weighted by atomic mass is 9.94. The largest absolute Gasteiger partial charge is 0.497 e. The maximum atomic E-state index is 14.2. The molecule has 0 radical (unpaired) electrons. The Morgan fingerprint density at radius 1 is 0.795 bits per heavy atom. The van der Waals surface area contributed by atoms with Gasteiger partial charge in [-0.3, -0.25) is 4.79 Å². The molecule has 0 spiro atoms. The normalized spacial score (nSPS) is 16.6. The van der Waals surface area contributed by atoms with Crippen LogP contribution in [-0.4, -0.2) is 35.3 Å². The standard InChI is InChI=1S/C30H26N6O3/c1-38-22-15-13-20(14-16-22)26-28(31-23-17-18-24(39-2)34-33-23)32-29-25(19-9-5-3-6-10-19)27(35-36(29)30(26)37)21-11-7-4-8-12-21/h3-18,27,32,35H,1-2H3,(H,31,33). The number of hydrogen-bond donors (Lipinski definition) is 3. The van der Waals surface area contributed by atoms with Crippen LogP contribution in [0.4, 0.5) is 5.82 Å². The van der Waals surface area contributed by atoms with Crippen LogP contribution in [0.1, 0.15) is 22.7 Å². The first-order valence-corrected chi connectivity index (χ1v) is 12.4. The maximum absolute atomic E-state index is 14.2. The van der Waals surface area contributed by atoms with Crippen molar-refractivity contribution in [1.29, 1.82) is 0 Å². The summed E-state index contributed by atoms with van der Waals surface area (Å²) in [5, 5.41) is 16.6. The number of fused-ring (bicyclic) bond motifs is 1. The van der Waals surface area contributed by atoms with Gasteiger partial charge in [-0.2, -0.15) is 0 Å². The molecule has 9 heteroatoms. The Hall–Kier alpha value is -5.15. The van der Waals surface area contributed by atoms with Crippen molar-refractivity contribution in [2.75, 3.05) is 19.5 Å². The van der Waals surface area contributed by atoms with Gasteiger partial charge in [0.05, 0.1) is 25.8 Å². The number of amides is 1. The second-order valence-corrected chi connectivity index (χ2v) is 8.93. The lowest BCUT2D eigenvalue weighted by Crippen LogP contribution is -2.47. The maximum Gasteiger partial charge on any atom is 0.278 e. The summed E-state index contributed by atoms with van der Waals surface area (Å²) in [6.45, 7) is 0. The van der Waals surface area contributed by atoms with Crippen LogP contribution in [0.2, 0.25) is 0 Å². The number of carbonyl (C=O) groups excluding carboxylic acids is 1. The number of hydrazine groups is 1. The highest BCUT2D eigenvalue weighted by Gasteiger charge is 2.42. The van der Waals surface area contributed by atoms with Crippen molar-refractivity contribution in [2.45, 2.75) is 6.04 Å². The molecule has 6 rings (SSSR count). The summed E-state index contributed by atoms with van der Waals surface area (Å²) in [5.41, 5.74) is 7.57. The number of carbonyl (C=O) groups is 1. The van der Waals surface area contributed by atoms with E-state index in [2.05, 4.69) is 26.3 Å². The first-order valence-electron chi connectivity index (χ1n) is 12.4. The zero-order chi connectivity index (χ0) is 26.8. The minimum Gasteiger partial charge on any atom is -0.497 e. The molecule has 0 saturated carbocycles. The molecule has 0 aliphatic carbocycles. The van der Waals surface area contributed by atoms with Crippen molar-refractivity contribution in [2.24, 2.45) is 0 Å². The summed E-state index contributed by atoms with van der Waals surface area (Å²) in [6, 6.07) is 30.7. The molecular weight excluding hydrogens is 492 g/mol. The SMILES string of the molecule is COc1ccc(C2=C(Nc3ccc(OC)nn3)NC3=C(c4ccccc4)C(c4ccccc4)NN3C2=O)cc1. The van der Waals surface area contributed by atoms with Crippen LogP contribution in [0.3, 0.4) is 0 Å². The molecule has 3 N–H and O–H groups in total. The molecule has 194 valence electrons. The number of nitrogens with zero attached hydrogens (tertiary/aromatic N) is 3. The number of hydrogen-bond acceptors (Lipinski definition) is 8. The van der Waals surface area contributed by atoms with Crippen LogP contribution >= 0.6 is 0 Å². The molecule has 0 bridgehead atoms. The summed E-state index contributed by atoms with van der Waals surface area (Å²) in [5.74, 6) is 2.45. The number of rotatable bonds is 7. The van der Waals surface area contributed by atoms with E-state index in [4.69, 9.17) is 9.47 Å². The third-order valence-corrected chi connectivity index (χ3v) is 6.63. The minimum atomic E-state index is -0.253. The van der Waals surface area contributed by atoms with Crippen molar-refractivity contribution < 1.29 is 14.3 Å². The van der Waals surface area contributed by atoms with Crippen LogP contribution in [0, 0.1) is 0 Å². The third-order valence-electron chi connectivity index (χ3n) is 6.63. The van der Waals surface area contributed by atoms with Crippen LogP contribution in [0.15, 0.2) is 109 Å². The van der Waals surface area contributed by atoms with Gasteiger partial charge < -0.3 is 20.1 Å². The summed E-state index contributed by atoms with van der Waals surface area (Å²) in [7, 11) is 3.14. The summed E-state index contributed by atoms with van der Waals surface area (Å²) in [4.78, 5) is 14.2. The van der Waals surface area contributed by atoms with Crippen molar-refractivity contribution >= 4 is 22.9 Å². The summed E-state index contributed by atoms with van der Waals surface area (Å²) < 4.78 is 10.5. The molecule has 1 aromatic heterocycles. The molecule has 39 heavy (non-hydrogen) atoms. The topological polar surface area (TPSA) is 101 Å². The number of nitrogens with one attached hydrogen (secondary N) is 3. The molecule has 2 aliphatic heterocycles. The zero-order valence-electron chi connectivity index (χ0n) is 21.4. The van der Waals surface area contributed by atoms with Crippen molar-refractivity contribution in [3.63, 3.8) is 0 Å². The zero-order valence-corrected chi connectivity index (χ0v) is 21.4. The fraction of sp³-hybridized carbons (Fsp3) is 0.100. The first kappa shape index (κ1) is 24.2. The average Bonchev–Trinajstić information content (AvgIpc) is 3.38. The second kappa shape index (κ2) is 10.3. The van der Waals surface area contributed by atoms with Gasteiger partial charge in [-0.25, -0.2) is 10.4 Å². The Balaban J connectivity index is 1.50. The number of anilines is 1. The Labute approximate surface area is 225 Å². The fourth-order valence-corrected chi connectivity index (χ4v) is 4.75. The molecule has 3 heterocycles. The van der Waals surface area contributed by atoms with Crippen LogP contribution in [0.25, 0.3) is 11.1 Å². The smallest absolute Gasteiger partial charge is 0.278 e. The molecule has 1 amide bonds. The van der Waals surface area contributed by atoms with Crippen molar-refractivity contribution in [3.05, 3.63) is 125 Å². The number of ether oxygens (including phenoxy) is 2. The average molecular weight is 519 g/mol. The van der Waals surface area contributed by atoms with E-state index in [0.717, 1.165) is 16.7 Å². The minimum absolute atomic E-state index is 0.218. The molecule has 2 aliphatic rings. The summed E-state index contributed by atoms with van der Waals surface area (Å²) >= 11 is 0. The van der Waals surface area contributed by atoms with E-state index in [1.54, 1.807) is 24.3 Å². The van der Waals surface area contributed by atoms with E-state index in [-0.39, 0.29) is 11.9 Å². The van der Waals surface area contributed by atoms with Gasteiger partial charge in [0.25, 0.3) is 5.91 Å². The Morgan fingerprint density at radius 3 is 2.15 bits per heavy atom. The van der Waals surface area contributed by atoms with E-state index < -0.39 is 0 Å². The van der Waals surface area contributed by atoms with E-state index in [0.29, 0.717) is 40.2 Å². The molecule has 1 unspecified atom stereocenters. The molecule has 0 fully saturated rings. The van der Waals surface area contributed by atoms with Crippen LogP contribution in [-0.2, 0) is 4.79 Å². The second-order valence-electron chi connectivity index (χ2n) is 8.93. The van der Waals surface area contributed by atoms with Gasteiger partial charge >= 0.3 is 0 Å². The number of benzene rings is 3. The van der Waals surface area contributed by atoms with Crippen molar-refractivity contribution in [1.82, 2.24) is 25.9 Å². The third kappa shape index (κ3) is 4.55. The van der Waals surface area contributed by atoms with Gasteiger partial charge in [-0.1, -0.05) is 72.8 Å². The molecule has 9 nitrogen and oxygen atoms in total. The van der Waals surface area contributed by atoms with Gasteiger partial charge in [-0.15, -0.1) is 10.2 Å². The fourth-order valence-electron chi connectivity index (χ4n) is 4.75. The lowest BCUT2D eigenvalue weighted by molar-refractivity contribution is -0.126. The van der Waals surface area contributed by atoms with Gasteiger partial charge in [-0.05, 0) is 34.9 Å². The quantitative estimate of drug-likeness (QED) is 0.332. The molecule has 3 aromatic carbocycles. The van der Waals surface area contributed by atoms with Crippen molar-refractivity contribution in [3.8, 4) is 11.6 Å². The highest BCUT2D eigenvalue weighted by molar-refractivity contribution is 6.22. The Kier molecular flexibility index (Phi) is 6.40. The summed E-state index contributed by atoms with van der Waals surface area (Å²) in [6.07, 6.45) is 0. The van der Waals surface area contributed by atoms with Crippen LogP contribution < -0.4 is 25.5 Å². The monoisotopic (exact) mass is 518 g/mol. The van der Waals surface area contributed by atoms with Gasteiger partial charge in [0.2, 0.25) is 5.88 Å². The van der Waals surface area contributed by atoms with E-state index in [9.17, 15) is 4.79 Å². The predicted octanol–water partition coefficient (Wildman–Crippen LogP) is 4.33. The van der Waals surface area contributed by atoms with E-state index >= 15 is 0 Å². The number of methoxy groups -OCH3 is 2. The molecule has 0 saturated heterocycles. The van der Waals surface area contributed by atoms with Gasteiger partial charge in [0.1, 0.15) is 17.4 Å².